The van der Waals surface area contributed by atoms with Crippen molar-refractivity contribution in [2.45, 2.75) is 19.6 Å². The lowest BCUT2D eigenvalue weighted by Crippen LogP contribution is -2.30. The van der Waals surface area contributed by atoms with Crippen LogP contribution in [0.3, 0.4) is 0 Å². The van der Waals surface area contributed by atoms with E-state index >= 15 is 0 Å². The van der Waals surface area contributed by atoms with Crippen molar-refractivity contribution in [3.05, 3.63) is 53.8 Å². The molecule has 2 rings (SSSR count). The molecule has 0 aliphatic carbocycles. The van der Waals surface area contributed by atoms with E-state index in [0.29, 0.717) is 5.69 Å². The molecule has 9 heteroatoms. The Morgan fingerprint density at radius 2 is 1.70 bits per heavy atom. The number of esters is 1. The molecule has 144 valence electrons. The number of rotatable bonds is 7. The summed E-state index contributed by atoms with van der Waals surface area (Å²) < 4.78 is 51.7. The van der Waals surface area contributed by atoms with E-state index in [1.165, 1.54) is 44.4 Å². The largest absolute Gasteiger partial charge is 0.493 e. The molecule has 6 nitrogen and oxygen atoms in total. The fraction of sp³-hybridized carbons (Fsp3) is 0.222. The molecule has 0 fully saturated rings. The van der Waals surface area contributed by atoms with Crippen LogP contribution in [-0.2, 0) is 9.53 Å². The molecule has 1 N–H and O–H groups in total. The number of amides is 1. The highest BCUT2D eigenvalue weighted by molar-refractivity contribution is 5.97. The van der Waals surface area contributed by atoms with Crippen molar-refractivity contribution in [1.82, 2.24) is 0 Å². The third kappa shape index (κ3) is 5.63. The van der Waals surface area contributed by atoms with E-state index in [4.69, 9.17) is 9.47 Å². The summed E-state index contributed by atoms with van der Waals surface area (Å²) in [4.78, 5) is 24.2. The molecule has 0 spiro atoms. The number of alkyl halides is 2. The van der Waals surface area contributed by atoms with Crippen LogP contribution in [0.1, 0.15) is 17.3 Å². The molecular formula is C18H16F3NO5. The predicted octanol–water partition coefficient (Wildman–Crippen LogP) is 3.62. The van der Waals surface area contributed by atoms with Crippen molar-refractivity contribution in [2.24, 2.45) is 0 Å². The molecule has 2 aromatic rings. The second-order valence-electron chi connectivity index (χ2n) is 5.29. The second-order valence-corrected chi connectivity index (χ2v) is 5.29. The quantitative estimate of drug-likeness (QED) is 0.740. The van der Waals surface area contributed by atoms with Gasteiger partial charge in [0.2, 0.25) is 0 Å². The van der Waals surface area contributed by atoms with Gasteiger partial charge in [0, 0.05) is 5.69 Å². The van der Waals surface area contributed by atoms with Gasteiger partial charge in [-0.25, -0.2) is 9.18 Å². The first-order valence-electron chi connectivity index (χ1n) is 7.70. The lowest BCUT2D eigenvalue weighted by molar-refractivity contribution is -0.123. The van der Waals surface area contributed by atoms with Crippen LogP contribution in [0.5, 0.6) is 11.5 Å². The molecule has 0 saturated heterocycles. The van der Waals surface area contributed by atoms with Crippen LogP contribution in [0.2, 0.25) is 0 Å². The summed E-state index contributed by atoms with van der Waals surface area (Å²) in [7, 11) is 1.22. The number of anilines is 1. The SMILES string of the molecule is COc1cc(C(=O)O[C@@H](C)C(=O)Nc2ccc(F)cc2)ccc1OC(F)F. The number of carbonyl (C=O) groups excluding carboxylic acids is 2. The number of nitrogens with one attached hydrogen (secondary N) is 1. The van der Waals surface area contributed by atoms with Crippen molar-refractivity contribution < 1.29 is 37.0 Å². The van der Waals surface area contributed by atoms with Crippen LogP contribution < -0.4 is 14.8 Å². The minimum Gasteiger partial charge on any atom is -0.493 e. The number of halogens is 3. The Bertz CT molecular complexity index is 811. The van der Waals surface area contributed by atoms with Crippen molar-refractivity contribution >= 4 is 17.6 Å². The molecule has 0 aromatic heterocycles. The van der Waals surface area contributed by atoms with E-state index in [-0.39, 0.29) is 17.1 Å². The Labute approximate surface area is 152 Å². The molecule has 0 radical (unpaired) electrons. The summed E-state index contributed by atoms with van der Waals surface area (Å²) >= 11 is 0. The number of ether oxygens (including phenoxy) is 3. The summed E-state index contributed by atoms with van der Waals surface area (Å²) in [6, 6.07) is 8.54. The first-order chi connectivity index (χ1) is 12.8. The molecule has 0 saturated carbocycles. The zero-order valence-electron chi connectivity index (χ0n) is 14.4. The Balaban J connectivity index is 2.02. The molecule has 0 bridgehead atoms. The van der Waals surface area contributed by atoms with Crippen molar-refractivity contribution in [3.63, 3.8) is 0 Å². The van der Waals surface area contributed by atoms with E-state index in [1.807, 2.05) is 0 Å². The van der Waals surface area contributed by atoms with Gasteiger partial charge in [0.05, 0.1) is 12.7 Å². The first-order valence-corrected chi connectivity index (χ1v) is 7.70. The fourth-order valence-electron chi connectivity index (χ4n) is 2.05. The van der Waals surface area contributed by atoms with Gasteiger partial charge in [0.15, 0.2) is 17.6 Å². The van der Waals surface area contributed by atoms with Gasteiger partial charge in [-0.05, 0) is 49.4 Å². The molecule has 0 aliphatic heterocycles. The number of methoxy groups -OCH3 is 1. The molecule has 27 heavy (non-hydrogen) atoms. The van der Waals surface area contributed by atoms with Gasteiger partial charge in [-0.3, -0.25) is 4.79 Å². The van der Waals surface area contributed by atoms with Crippen LogP contribution in [0, 0.1) is 5.82 Å². The average molecular weight is 383 g/mol. The Morgan fingerprint density at radius 1 is 1.04 bits per heavy atom. The number of hydrogen-bond acceptors (Lipinski definition) is 5. The highest BCUT2D eigenvalue weighted by Gasteiger charge is 2.21. The highest BCUT2D eigenvalue weighted by atomic mass is 19.3. The third-order valence-electron chi connectivity index (χ3n) is 3.38. The van der Waals surface area contributed by atoms with Crippen molar-refractivity contribution in [3.8, 4) is 11.5 Å². The lowest BCUT2D eigenvalue weighted by atomic mass is 10.2. The highest BCUT2D eigenvalue weighted by Crippen LogP contribution is 2.29. The van der Waals surface area contributed by atoms with Crippen LogP contribution in [0.25, 0.3) is 0 Å². The number of hydrogen-bond donors (Lipinski definition) is 1. The Kier molecular flexibility index (Phi) is 6.64. The minimum atomic E-state index is -3.05. The Hall–Kier alpha value is -3.23. The summed E-state index contributed by atoms with van der Waals surface area (Å²) in [5.41, 5.74) is 0.314. The van der Waals surface area contributed by atoms with Gasteiger partial charge in [-0.15, -0.1) is 0 Å². The van der Waals surface area contributed by atoms with Gasteiger partial charge in [-0.2, -0.15) is 8.78 Å². The van der Waals surface area contributed by atoms with Gasteiger partial charge in [0.1, 0.15) is 5.82 Å². The molecule has 1 atom stereocenters. The molecule has 1 amide bonds. The minimum absolute atomic E-state index is 0.0186. The van der Waals surface area contributed by atoms with Gasteiger partial charge >= 0.3 is 12.6 Å². The van der Waals surface area contributed by atoms with Gasteiger partial charge < -0.3 is 19.5 Å². The Morgan fingerprint density at radius 3 is 2.30 bits per heavy atom. The maximum Gasteiger partial charge on any atom is 0.387 e. The zero-order valence-corrected chi connectivity index (χ0v) is 14.4. The summed E-state index contributed by atoms with van der Waals surface area (Å²) in [5, 5.41) is 2.47. The van der Waals surface area contributed by atoms with Gasteiger partial charge in [0.25, 0.3) is 5.91 Å². The lowest BCUT2D eigenvalue weighted by Gasteiger charge is -2.15. The van der Waals surface area contributed by atoms with E-state index in [1.54, 1.807) is 0 Å². The van der Waals surface area contributed by atoms with Crippen LogP contribution in [0.15, 0.2) is 42.5 Å². The standard InChI is InChI=1S/C18H16F3NO5/c1-10(16(23)22-13-6-4-12(19)5-7-13)26-17(24)11-3-8-14(27-18(20)21)15(9-11)25-2/h3-10,18H,1-2H3,(H,22,23)/t10-/m0/s1. The van der Waals surface area contributed by atoms with Crippen LogP contribution in [0.4, 0.5) is 18.9 Å². The number of carbonyl (C=O) groups is 2. The first kappa shape index (κ1) is 20.1. The monoisotopic (exact) mass is 383 g/mol. The average Bonchev–Trinajstić information content (AvgIpc) is 2.63. The molecule has 2 aromatic carbocycles. The topological polar surface area (TPSA) is 73.9 Å². The van der Waals surface area contributed by atoms with E-state index in [0.717, 1.165) is 12.1 Å². The molecule has 0 unspecified atom stereocenters. The third-order valence-corrected chi connectivity index (χ3v) is 3.38. The zero-order chi connectivity index (χ0) is 20.0. The molecule has 0 heterocycles. The van der Waals surface area contributed by atoms with Gasteiger partial charge in [-0.1, -0.05) is 0 Å². The maximum atomic E-state index is 12.9. The normalized spacial score (nSPS) is 11.6. The van der Waals surface area contributed by atoms with E-state index in [9.17, 15) is 22.8 Å². The summed E-state index contributed by atoms with van der Waals surface area (Å²) in [6.45, 7) is -1.70. The van der Waals surface area contributed by atoms with Crippen molar-refractivity contribution in [1.29, 1.82) is 0 Å². The maximum absolute atomic E-state index is 12.9. The smallest absolute Gasteiger partial charge is 0.387 e. The second kappa shape index (κ2) is 8.93. The van der Waals surface area contributed by atoms with Crippen molar-refractivity contribution in [2.75, 3.05) is 12.4 Å². The van der Waals surface area contributed by atoms with Crippen LogP contribution >= 0.6 is 0 Å². The fourth-order valence-corrected chi connectivity index (χ4v) is 2.05. The van der Waals surface area contributed by atoms with E-state index in [2.05, 4.69) is 10.1 Å². The van der Waals surface area contributed by atoms with E-state index < -0.39 is 30.4 Å². The predicted molar refractivity (Wildman–Crippen MR) is 89.5 cm³/mol. The summed E-state index contributed by atoms with van der Waals surface area (Å²) in [5.74, 6) is -2.28. The molecule has 0 aliphatic rings. The molecular weight excluding hydrogens is 367 g/mol. The van der Waals surface area contributed by atoms with Crippen LogP contribution in [-0.4, -0.2) is 31.7 Å². The number of benzene rings is 2. The summed E-state index contributed by atoms with van der Waals surface area (Å²) in [6.07, 6.45) is -1.16.